The molecule has 1 radical (unpaired) electrons. The van der Waals surface area contributed by atoms with Gasteiger partial charge >= 0.3 is 6.47 Å². The fourth-order valence-corrected chi connectivity index (χ4v) is 2.62. The zero-order valence-corrected chi connectivity index (χ0v) is 10.7. The van der Waals surface area contributed by atoms with Crippen molar-refractivity contribution in [3.8, 4) is 5.75 Å². The molecule has 0 N–H and O–H groups in total. The first-order chi connectivity index (χ1) is 8.74. The van der Waals surface area contributed by atoms with Crippen LogP contribution < -0.4 is 4.74 Å². The van der Waals surface area contributed by atoms with E-state index in [1.807, 2.05) is 37.3 Å². The molecule has 1 aliphatic carbocycles. The van der Waals surface area contributed by atoms with Crippen LogP contribution in [0.15, 0.2) is 30.3 Å². The van der Waals surface area contributed by atoms with Crippen LogP contribution in [-0.2, 0) is 9.53 Å². The molecule has 1 aromatic carbocycles. The molecule has 0 spiro atoms. The number of ether oxygens (including phenoxy) is 2. The molecule has 0 aliphatic heterocycles. The first kappa shape index (κ1) is 12.9. The molecule has 3 nitrogen and oxygen atoms in total. The van der Waals surface area contributed by atoms with Crippen LogP contribution >= 0.6 is 0 Å². The van der Waals surface area contributed by atoms with E-state index in [9.17, 15) is 4.79 Å². The first-order valence-electron chi connectivity index (χ1n) is 6.54. The molecule has 0 heterocycles. The average molecular weight is 247 g/mol. The second-order valence-electron chi connectivity index (χ2n) is 4.95. The summed E-state index contributed by atoms with van der Waals surface area (Å²) in [5, 5.41) is 0. The molecule has 97 valence electrons. The van der Waals surface area contributed by atoms with Crippen LogP contribution in [-0.4, -0.2) is 12.3 Å². The maximum Gasteiger partial charge on any atom is 0.420 e. The Morgan fingerprint density at radius 3 is 2.44 bits per heavy atom. The van der Waals surface area contributed by atoms with Gasteiger partial charge in [0.25, 0.3) is 5.79 Å². The minimum Gasteiger partial charge on any atom is -0.452 e. The quantitative estimate of drug-likeness (QED) is 0.748. The lowest BCUT2D eigenvalue weighted by Crippen LogP contribution is -2.44. The van der Waals surface area contributed by atoms with Gasteiger partial charge in [0.2, 0.25) is 0 Å². The van der Waals surface area contributed by atoms with Crippen molar-refractivity contribution in [2.45, 2.75) is 44.8 Å². The standard InChI is InChI=1S/C15H19O3/c1-15(17-12-16,13-8-4-2-5-9-13)18-14-10-6-3-7-11-14/h3,6-7,10-11,13H,2,4-5,8-9H2,1H3. The molecule has 18 heavy (non-hydrogen) atoms. The highest BCUT2D eigenvalue weighted by Gasteiger charge is 2.39. The number of benzene rings is 1. The summed E-state index contributed by atoms with van der Waals surface area (Å²) in [6.45, 7) is 3.39. The lowest BCUT2D eigenvalue weighted by molar-refractivity contribution is -0.159. The van der Waals surface area contributed by atoms with E-state index < -0.39 is 5.79 Å². The van der Waals surface area contributed by atoms with Gasteiger partial charge in [-0.3, -0.25) is 0 Å². The van der Waals surface area contributed by atoms with E-state index in [1.54, 1.807) is 6.47 Å². The number of carbonyl (C=O) groups excluding carboxylic acids is 1. The highest BCUT2D eigenvalue weighted by atomic mass is 16.7. The van der Waals surface area contributed by atoms with Gasteiger partial charge in [0, 0.05) is 12.8 Å². The second kappa shape index (κ2) is 5.89. The highest BCUT2D eigenvalue weighted by Crippen LogP contribution is 2.36. The summed E-state index contributed by atoms with van der Waals surface area (Å²) in [6, 6.07) is 9.48. The molecule has 3 heteroatoms. The molecule has 1 saturated carbocycles. The minimum absolute atomic E-state index is 0.243. The van der Waals surface area contributed by atoms with Crippen molar-refractivity contribution in [1.82, 2.24) is 0 Å². The maximum atomic E-state index is 10.6. The Balaban J connectivity index is 2.12. The van der Waals surface area contributed by atoms with Crippen LogP contribution in [0.25, 0.3) is 0 Å². The third kappa shape index (κ3) is 3.03. The Bertz CT molecular complexity index is 371. The van der Waals surface area contributed by atoms with Crippen LogP contribution in [0.3, 0.4) is 0 Å². The Labute approximate surface area is 108 Å². The van der Waals surface area contributed by atoms with Crippen LogP contribution in [0.2, 0.25) is 0 Å². The number of para-hydroxylation sites is 1. The summed E-state index contributed by atoms with van der Waals surface area (Å²) in [7, 11) is 0. The number of hydrogen-bond donors (Lipinski definition) is 0. The SMILES string of the molecule is CC(O[C]=O)(Oc1ccccc1)C1CCCCC1. The average Bonchev–Trinajstić information content (AvgIpc) is 2.41. The van der Waals surface area contributed by atoms with Gasteiger partial charge in [-0.05, 0) is 25.0 Å². The third-order valence-electron chi connectivity index (χ3n) is 3.65. The van der Waals surface area contributed by atoms with Gasteiger partial charge in [0.1, 0.15) is 5.75 Å². The lowest BCUT2D eigenvalue weighted by Gasteiger charge is -2.37. The van der Waals surface area contributed by atoms with Crippen molar-refractivity contribution in [2.75, 3.05) is 0 Å². The van der Waals surface area contributed by atoms with Crippen LogP contribution in [0.5, 0.6) is 5.75 Å². The van der Waals surface area contributed by atoms with Gasteiger partial charge in [-0.15, -0.1) is 0 Å². The van der Waals surface area contributed by atoms with Gasteiger partial charge in [0.15, 0.2) is 0 Å². The van der Waals surface area contributed by atoms with E-state index in [0.717, 1.165) is 18.6 Å². The van der Waals surface area contributed by atoms with Crippen LogP contribution in [0.4, 0.5) is 0 Å². The molecule has 0 bridgehead atoms. The monoisotopic (exact) mass is 247 g/mol. The molecular weight excluding hydrogens is 228 g/mol. The number of rotatable bonds is 5. The summed E-state index contributed by atoms with van der Waals surface area (Å²) in [5.41, 5.74) is 0. The van der Waals surface area contributed by atoms with Gasteiger partial charge in [-0.25, -0.2) is 4.79 Å². The molecule has 2 rings (SSSR count). The highest BCUT2D eigenvalue weighted by molar-refractivity contribution is 5.39. The van der Waals surface area contributed by atoms with Gasteiger partial charge in [-0.2, -0.15) is 0 Å². The summed E-state index contributed by atoms with van der Waals surface area (Å²) in [6.07, 6.45) is 5.65. The first-order valence-corrected chi connectivity index (χ1v) is 6.54. The van der Waals surface area contributed by atoms with E-state index in [1.165, 1.54) is 19.3 Å². The van der Waals surface area contributed by atoms with Crippen molar-refractivity contribution < 1.29 is 14.3 Å². The topological polar surface area (TPSA) is 35.5 Å². The smallest absolute Gasteiger partial charge is 0.420 e. The van der Waals surface area contributed by atoms with E-state index in [2.05, 4.69) is 0 Å². The zero-order chi connectivity index (χ0) is 12.8. The van der Waals surface area contributed by atoms with Crippen LogP contribution in [0.1, 0.15) is 39.0 Å². The Kier molecular flexibility index (Phi) is 4.24. The molecule has 0 amide bonds. The normalized spacial score (nSPS) is 19.8. The van der Waals surface area contributed by atoms with Crippen molar-refractivity contribution in [3.63, 3.8) is 0 Å². The fourth-order valence-electron chi connectivity index (χ4n) is 2.62. The van der Waals surface area contributed by atoms with E-state index in [0.29, 0.717) is 0 Å². The molecular formula is C15H19O3. The summed E-state index contributed by atoms with van der Waals surface area (Å²) in [4.78, 5) is 10.6. The van der Waals surface area contributed by atoms with E-state index in [4.69, 9.17) is 9.47 Å². The molecule has 1 unspecified atom stereocenters. The summed E-state index contributed by atoms with van der Waals surface area (Å²) in [5.74, 6) is 0.0671. The Morgan fingerprint density at radius 1 is 1.17 bits per heavy atom. The largest absolute Gasteiger partial charge is 0.452 e. The zero-order valence-electron chi connectivity index (χ0n) is 10.7. The second-order valence-corrected chi connectivity index (χ2v) is 4.95. The van der Waals surface area contributed by atoms with E-state index in [-0.39, 0.29) is 5.92 Å². The van der Waals surface area contributed by atoms with Crippen molar-refractivity contribution >= 4 is 6.47 Å². The fraction of sp³-hybridized carbons (Fsp3) is 0.533. The molecule has 1 fully saturated rings. The number of hydrogen-bond acceptors (Lipinski definition) is 3. The van der Waals surface area contributed by atoms with E-state index >= 15 is 0 Å². The Hall–Kier alpha value is -1.51. The van der Waals surface area contributed by atoms with Crippen molar-refractivity contribution in [3.05, 3.63) is 30.3 Å². The molecule has 1 aromatic rings. The summed E-state index contributed by atoms with van der Waals surface area (Å²) < 4.78 is 11.0. The predicted molar refractivity (Wildman–Crippen MR) is 68.8 cm³/mol. The molecule has 1 atom stereocenters. The lowest BCUT2D eigenvalue weighted by atomic mass is 9.83. The maximum absolute atomic E-state index is 10.6. The molecule has 1 aliphatic rings. The van der Waals surface area contributed by atoms with Crippen molar-refractivity contribution in [1.29, 1.82) is 0 Å². The molecule has 0 saturated heterocycles. The van der Waals surface area contributed by atoms with Gasteiger partial charge in [0.05, 0.1) is 0 Å². The Morgan fingerprint density at radius 2 is 1.83 bits per heavy atom. The van der Waals surface area contributed by atoms with Gasteiger partial charge in [-0.1, -0.05) is 37.5 Å². The van der Waals surface area contributed by atoms with Gasteiger partial charge < -0.3 is 9.47 Å². The third-order valence-corrected chi connectivity index (χ3v) is 3.65. The minimum atomic E-state index is -0.899. The molecule has 0 aromatic heterocycles. The predicted octanol–water partition coefficient (Wildman–Crippen LogP) is 3.45. The summed E-state index contributed by atoms with van der Waals surface area (Å²) >= 11 is 0. The van der Waals surface area contributed by atoms with Crippen molar-refractivity contribution in [2.24, 2.45) is 5.92 Å². The van der Waals surface area contributed by atoms with Crippen LogP contribution in [0, 0.1) is 5.92 Å².